The van der Waals surface area contributed by atoms with Gasteiger partial charge < -0.3 is 4.90 Å². The average Bonchev–Trinajstić information content (AvgIpc) is 2.89. The second-order valence-corrected chi connectivity index (χ2v) is 5.19. The van der Waals surface area contributed by atoms with Crippen LogP contribution in [0.25, 0.3) is 6.08 Å². The number of anilines is 1. The molecule has 1 heterocycles. The van der Waals surface area contributed by atoms with Crippen LogP contribution in [0.3, 0.4) is 0 Å². The molecule has 0 N–H and O–H groups in total. The van der Waals surface area contributed by atoms with Gasteiger partial charge in [0.1, 0.15) is 0 Å². The second kappa shape index (κ2) is 5.51. The number of hydrogen-bond donors (Lipinski definition) is 0. The van der Waals surface area contributed by atoms with Gasteiger partial charge >= 0.3 is 0 Å². The number of carbonyl (C=O) groups excluding carboxylic acids is 1. The molecule has 0 saturated carbocycles. The van der Waals surface area contributed by atoms with Crippen LogP contribution < -0.4 is 4.90 Å². The van der Waals surface area contributed by atoms with Crippen LogP contribution in [0.1, 0.15) is 11.1 Å². The van der Waals surface area contributed by atoms with Gasteiger partial charge in [-0.15, -0.1) is 0 Å². The molecule has 2 nitrogen and oxygen atoms in total. The van der Waals surface area contributed by atoms with E-state index in [1.54, 1.807) is 12.2 Å². The predicted octanol–water partition coefficient (Wildman–Crippen LogP) is 3.94. The quantitative estimate of drug-likeness (QED) is 0.765. The van der Waals surface area contributed by atoms with Gasteiger partial charge in [0.2, 0.25) is 0 Å². The molecular formula is C17H14ClNO. The fourth-order valence-corrected chi connectivity index (χ4v) is 2.63. The van der Waals surface area contributed by atoms with Gasteiger partial charge in [-0.1, -0.05) is 41.9 Å². The Morgan fingerprint density at radius 2 is 2.00 bits per heavy atom. The molecule has 0 fully saturated rings. The Morgan fingerprint density at radius 3 is 2.85 bits per heavy atom. The molecule has 2 aromatic carbocycles. The number of halogens is 1. The van der Waals surface area contributed by atoms with Gasteiger partial charge in [-0.05, 0) is 41.8 Å². The van der Waals surface area contributed by atoms with Crippen molar-refractivity contribution in [3.63, 3.8) is 0 Å². The highest BCUT2D eigenvalue weighted by Crippen LogP contribution is 2.27. The van der Waals surface area contributed by atoms with Crippen molar-refractivity contribution >= 4 is 29.3 Å². The first-order valence-electron chi connectivity index (χ1n) is 6.57. The summed E-state index contributed by atoms with van der Waals surface area (Å²) in [6, 6.07) is 15.5. The van der Waals surface area contributed by atoms with E-state index in [0.29, 0.717) is 5.02 Å². The Morgan fingerprint density at radius 1 is 1.15 bits per heavy atom. The Balaban J connectivity index is 1.78. The van der Waals surface area contributed by atoms with E-state index in [1.807, 2.05) is 47.4 Å². The third-order valence-electron chi connectivity index (χ3n) is 3.42. The normalized spacial score (nSPS) is 13.8. The van der Waals surface area contributed by atoms with E-state index in [-0.39, 0.29) is 5.91 Å². The van der Waals surface area contributed by atoms with Crippen molar-refractivity contribution < 1.29 is 4.79 Å². The minimum absolute atomic E-state index is 0.00919. The van der Waals surface area contributed by atoms with E-state index in [0.717, 1.165) is 24.2 Å². The van der Waals surface area contributed by atoms with E-state index in [4.69, 9.17) is 11.6 Å². The molecule has 1 amide bonds. The maximum atomic E-state index is 12.3. The topological polar surface area (TPSA) is 20.3 Å². The minimum atomic E-state index is 0.00919. The highest BCUT2D eigenvalue weighted by molar-refractivity contribution is 6.30. The fourth-order valence-electron chi connectivity index (χ4n) is 2.43. The van der Waals surface area contributed by atoms with Crippen LogP contribution in [0.5, 0.6) is 0 Å². The first-order chi connectivity index (χ1) is 9.74. The highest BCUT2D eigenvalue weighted by Gasteiger charge is 2.22. The lowest BCUT2D eigenvalue weighted by Gasteiger charge is -2.14. The smallest absolute Gasteiger partial charge is 0.251 e. The molecule has 0 unspecified atom stereocenters. The van der Waals surface area contributed by atoms with Crippen LogP contribution in [0.4, 0.5) is 5.69 Å². The molecule has 0 aromatic heterocycles. The summed E-state index contributed by atoms with van der Waals surface area (Å²) in [5.41, 5.74) is 3.18. The maximum absolute atomic E-state index is 12.3. The summed E-state index contributed by atoms with van der Waals surface area (Å²) >= 11 is 5.92. The molecule has 100 valence electrons. The van der Waals surface area contributed by atoms with E-state index >= 15 is 0 Å². The number of benzene rings is 2. The third kappa shape index (κ3) is 2.61. The molecular weight excluding hydrogens is 270 g/mol. The van der Waals surface area contributed by atoms with Crippen LogP contribution in [0.2, 0.25) is 5.02 Å². The molecule has 0 saturated heterocycles. The van der Waals surface area contributed by atoms with Crippen molar-refractivity contribution in [1.82, 2.24) is 0 Å². The fraction of sp³-hybridized carbons (Fsp3) is 0.118. The largest absolute Gasteiger partial charge is 0.308 e. The summed E-state index contributed by atoms with van der Waals surface area (Å²) < 4.78 is 0. The SMILES string of the molecule is O=C(C=Cc1cccc(Cl)c1)N1CCc2ccccc21. The number of para-hydroxylation sites is 1. The summed E-state index contributed by atoms with van der Waals surface area (Å²) in [5, 5.41) is 0.672. The summed E-state index contributed by atoms with van der Waals surface area (Å²) in [5.74, 6) is 0.00919. The maximum Gasteiger partial charge on any atom is 0.251 e. The second-order valence-electron chi connectivity index (χ2n) is 4.76. The van der Waals surface area contributed by atoms with Crippen LogP contribution in [0.15, 0.2) is 54.6 Å². The minimum Gasteiger partial charge on any atom is -0.308 e. The van der Waals surface area contributed by atoms with Crippen LogP contribution >= 0.6 is 11.6 Å². The number of rotatable bonds is 2. The molecule has 1 aliphatic rings. The molecule has 0 atom stereocenters. The van der Waals surface area contributed by atoms with E-state index in [1.165, 1.54) is 5.56 Å². The summed E-state index contributed by atoms with van der Waals surface area (Å²) in [4.78, 5) is 14.1. The molecule has 3 heteroatoms. The van der Waals surface area contributed by atoms with Crippen molar-refractivity contribution in [2.24, 2.45) is 0 Å². The molecule has 0 radical (unpaired) electrons. The lowest BCUT2D eigenvalue weighted by molar-refractivity contribution is -0.114. The molecule has 2 aromatic rings. The van der Waals surface area contributed by atoms with Crippen LogP contribution in [-0.4, -0.2) is 12.5 Å². The molecule has 0 aliphatic carbocycles. The highest BCUT2D eigenvalue weighted by atomic mass is 35.5. The molecule has 3 rings (SSSR count). The number of amides is 1. The van der Waals surface area contributed by atoms with Crippen molar-refractivity contribution in [1.29, 1.82) is 0 Å². The first-order valence-corrected chi connectivity index (χ1v) is 6.95. The van der Waals surface area contributed by atoms with Crippen LogP contribution in [0, 0.1) is 0 Å². The Hall–Kier alpha value is -2.06. The monoisotopic (exact) mass is 283 g/mol. The lowest BCUT2D eigenvalue weighted by Crippen LogP contribution is -2.26. The van der Waals surface area contributed by atoms with Gasteiger partial charge in [0, 0.05) is 23.3 Å². The van der Waals surface area contributed by atoms with E-state index in [2.05, 4.69) is 6.07 Å². The van der Waals surface area contributed by atoms with Gasteiger partial charge in [0.15, 0.2) is 0 Å². The molecule has 1 aliphatic heterocycles. The zero-order valence-corrected chi connectivity index (χ0v) is 11.7. The van der Waals surface area contributed by atoms with Crippen molar-refractivity contribution in [3.8, 4) is 0 Å². The number of fused-ring (bicyclic) bond motifs is 1. The number of nitrogens with zero attached hydrogens (tertiary/aromatic N) is 1. The lowest BCUT2D eigenvalue weighted by atomic mass is 10.2. The van der Waals surface area contributed by atoms with Gasteiger partial charge in [0.25, 0.3) is 5.91 Å². The van der Waals surface area contributed by atoms with E-state index in [9.17, 15) is 4.79 Å². The van der Waals surface area contributed by atoms with Gasteiger partial charge in [-0.25, -0.2) is 0 Å². The number of carbonyl (C=O) groups is 1. The molecule has 20 heavy (non-hydrogen) atoms. The molecule has 0 spiro atoms. The van der Waals surface area contributed by atoms with Crippen molar-refractivity contribution in [2.45, 2.75) is 6.42 Å². The van der Waals surface area contributed by atoms with E-state index < -0.39 is 0 Å². The first kappa shape index (κ1) is 12.9. The third-order valence-corrected chi connectivity index (χ3v) is 3.66. The standard InChI is InChI=1S/C17H14ClNO/c18-15-6-3-4-13(12-15)8-9-17(20)19-11-10-14-5-1-2-7-16(14)19/h1-9,12H,10-11H2. The summed E-state index contributed by atoms with van der Waals surface area (Å²) in [7, 11) is 0. The Kier molecular flexibility index (Phi) is 3.57. The average molecular weight is 284 g/mol. The van der Waals surface area contributed by atoms with Crippen LogP contribution in [-0.2, 0) is 11.2 Å². The van der Waals surface area contributed by atoms with Crippen molar-refractivity contribution in [3.05, 3.63) is 70.8 Å². The summed E-state index contributed by atoms with van der Waals surface area (Å²) in [6.07, 6.45) is 4.33. The Labute approximate surface area is 123 Å². The molecule has 0 bridgehead atoms. The zero-order valence-electron chi connectivity index (χ0n) is 10.9. The van der Waals surface area contributed by atoms with Gasteiger partial charge in [-0.3, -0.25) is 4.79 Å². The van der Waals surface area contributed by atoms with Gasteiger partial charge in [-0.2, -0.15) is 0 Å². The predicted molar refractivity (Wildman–Crippen MR) is 83.0 cm³/mol. The Bertz CT molecular complexity index is 678. The summed E-state index contributed by atoms with van der Waals surface area (Å²) in [6.45, 7) is 0.748. The zero-order chi connectivity index (χ0) is 13.9. The van der Waals surface area contributed by atoms with Crippen molar-refractivity contribution in [2.75, 3.05) is 11.4 Å². The number of hydrogen-bond acceptors (Lipinski definition) is 1. The van der Waals surface area contributed by atoms with Gasteiger partial charge in [0.05, 0.1) is 0 Å².